The predicted molar refractivity (Wildman–Crippen MR) is 300 cm³/mol. The smallest absolute Gasteiger partial charge is 0.338 e. The van der Waals surface area contributed by atoms with Gasteiger partial charge in [0.05, 0.1) is 89.1 Å². The number of rotatable bonds is 16. The number of aromatic carboxylic acids is 2. The summed E-state index contributed by atoms with van der Waals surface area (Å²) in [5.74, 6) is -0.716. The van der Waals surface area contributed by atoms with Crippen LogP contribution in [-0.4, -0.2) is 143 Å². The minimum Gasteiger partial charge on any atom is -0.872 e. The number of phenols is 1. The molecule has 0 spiro atoms. The molecule has 17 nitrogen and oxygen atoms in total. The number of anilines is 2. The van der Waals surface area contributed by atoms with Crippen LogP contribution in [0.5, 0.6) is 40.2 Å². The number of fused-ring (bicyclic) bond motifs is 2. The van der Waals surface area contributed by atoms with E-state index in [0.717, 1.165) is 120 Å². The van der Waals surface area contributed by atoms with Gasteiger partial charge in [0.2, 0.25) is 0 Å². The number of quaternary nitrogens is 2. The summed E-state index contributed by atoms with van der Waals surface area (Å²) < 4.78 is 22.9. The number of aromatic hydroxyl groups is 1. The molecule has 0 aromatic heterocycles. The van der Waals surface area contributed by atoms with Crippen LogP contribution in [0.2, 0.25) is 0 Å². The van der Waals surface area contributed by atoms with Gasteiger partial charge < -0.3 is 74.3 Å². The predicted octanol–water partition coefficient (Wildman–Crippen LogP) is 4.61. The molecule has 0 saturated carbocycles. The molecule has 7 N–H and O–H groups in total. The van der Waals surface area contributed by atoms with Gasteiger partial charge in [-0.3, -0.25) is 0 Å². The summed E-state index contributed by atoms with van der Waals surface area (Å²) in [4.78, 5) is 28.0. The van der Waals surface area contributed by atoms with E-state index in [1.54, 1.807) is 14.2 Å². The largest absolute Gasteiger partial charge is 0.872 e. The van der Waals surface area contributed by atoms with Crippen LogP contribution in [-0.2, 0) is 0 Å². The topological polar surface area (TPSA) is 234 Å². The minimum atomic E-state index is -1.41. The van der Waals surface area contributed by atoms with Gasteiger partial charge in [0.1, 0.15) is 67.3 Å². The zero-order valence-corrected chi connectivity index (χ0v) is 44.3. The number of benzene rings is 8. The number of nitrogens with one attached hydrogen (secondary N) is 2. The van der Waals surface area contributed by atoms with E-state index < -0.39 is 47.0 Å². The lowest BCUT2D eigenvalue weighted by molar-refractivity contribution is -0.903. The monoisotopic (exact) mass is 1080 g/mol. The Morgan fingerprint density at radius 1 is 0.494 bits per heavy atom. The fourth-order valence-corrected chi connectivity index (χ4v) is 9.50. The summed E-state index contributed by atoms with van der Waals surface area (Å²) in [6.45, 7) is 9.79. The molecule has 0 amide bonds. The number of piperazine rings is 2. The summed E-state index contributed by atoms with van der Waals surface area (Å²) in [6.07, 6.45) is -0.969. The molecule has 8 aromatic rings. The highest BCUT2D eigenvalue weighted by Crippen LogP contribution is 2.30. The number of hydrogen-bond acceptors (Lipinski definition) is 13. The fourth-order valence-electron chi connectivity index (χ4n) is 9.50. The Balaban J connectivity index is 0.000000169. The van der Waals surface area contributed by atoms with Gasteiger partial charge in [0, 0.05) is 10.8 Å². The molecule has 0 bridgehead atoms. The van der Waals surface area contributed by atoms with E-state index in [4.69, 9.17) is 34.3 Å². The maximum absolute atomic E-state index is 10.7. The Bertz CT molecular complexity index is 3030. The van der Waals surface area contributed by atoms with Gasteiger partial charge in [-0.1, -0.05) is 139 Å². The van der Waals surface area contributed by atoms with Gasteiger partial charge in [-0.2, -0.15) is 0 Å². The summed E-state index contributed by atoms with van der Waals surface area (Å²) in [5.41, 5.74) is 1.54. The second kappa shape index (κ2) is 29.1. The van der Waals surface area contributed by atoms with E-state index in [0.29, 0.717) is 26.3 Å². The summed E-state index contributed by atoms with van der Waals surface area (Å²) in [6, 6.07) is 53.8. The van der Waals surface area contributed by atoms with Gasteiger partial charge in [-0.05, 0) is 59.3 Å². The highest BCUT2D eigenvalue weighted by Gasteiger charge is 2.26. The molecule has 17 heteroatoms. The number of ether oxygens (including phenoxy) is 4. The van der Waals surface area contributed by atoms with Gasteiger partial charge in [-0.25, -0.2) is 9.59 Å². The second-order valence-corrected chi connectivity index (χ2v) is 18.9. The van der Waals surface area contributed by atoms with Crippen LogP contribution in [0, 0.1) is 0 Å². The molecule has 10 rings (SSSR count). The second-order valence-electron chi connectivity index (χ2n) is 18.9. The van der Waals surface area contributed by atoms with E-state index >= 15 is 0 Å². The molecule has 2 fully saturated rings. The Morgan fingerprint density at radius 3 is 1.28 bits per heavy atom. The first kappa shape index (κ1) is 58.0. The molecule has 79 heavy (non-hydrogen) atoms. The van der Waals surface area contributed by atoms with Crippen LogP contribution in [0.3, 0.4) is 0 Å². The number of nitrogens with zero attached hydrogens (tertiary/aromatic N) is 2. The number of carboxylic acid groups (broad SMARTS) is 2. The third-order valence-electron chi connectivity index (χ3n) is 13.5. The Hall–Kier alpha value is -8.74. The van der Waals surface area contributed by atoms with Crippen LogP contribution >= 0.6 is 0 Å². The van der Waals surface area contributed by atoms with Crippen molar-refractivity contribution in [2.24, 2.45) is 0 Å². The van der Waals surface area contributed by atoms with Crippen LogP contribution in [0.15, 0.2) is 176 Å². The van der Waals surface area contributed by atoms with Crippen molar-refractivity contribution in [1.29, 1.82) is 0 Å². The molecule has 414 valence electrons. The normalized spacial score (nSPS) is 14.2. The molecular formula is C62H68N4O13. The van der Waals surface area contributed by atoms with E-state index in [-0.39, 0.29) is 5.56 Å². The first-order valence-corrected chi connectivity index (χ1v) is 26.0. The lowest BCUT2D eigenvalue weighted by Crippen LogP contribution is -3.16. The first-order chi connectivity index (χ1) is 38.3. The van der Waals surface area contributed by atoms with Crippen LogP contribution in [0.1, 0.15) is 20.7 Å². The van der Waals surface area contributed by atoms with E-state index in [2.05, 4.69) is 58.3 Å². The zero-order chi connectivity index (χ0) is 56.1. The van der Waals surface area contributed by atoms with Crippen molar-refractivity contribution in [2.75, 3.05) is 103 Å². The van der Waals surface area contributed by atoms with Crippen LogP contribution in [0.4, 0.5) is 11.4 Å². The Labute approximate surface area is 459 Å². The number of hydrogen-bond donors (Lipinski definition) is 7. The lowest BCUT2D eigenvalue weighted by atomic mass is 10.1. The van der Waals surface area contributed by atoms with Crippen molar-refractivity contribution in [2.45, 2.75) is 12.2 Å². The van der Waals surface area contributed by atoms with Crippen molar-refractivity contribution in [3.05, 3.63) is 187 Å². The Kier molecular flexibility index (Phi) is 21.4. The molecule has 2 aliphatic rings. The highest BCUT2D eigenvalue weighted by atomic mass is 16.5. The molecule has 8 aromatic carbocycles. The number of carbonyl (C=O) groups is 2. The maximum Gasteiger partial charge on any atom is 0.338 e. The number of aliphatic hydroxyl groups is 2. The van der Waals surface area contributed by atoms with Crippen molar-refractivity contribution in [3.8, 4) is 40.2 Å². The van der Waals surface area contributed by atoms with E-state index in [9.17, 15) is 30.0 Å². The Morgan fingerprint density at radius 2 is 0.873 bits per heavy atom. The first-order valence-electron chi connectivity index (χ1n) is 26.0. The molecule has 0 unspecified atom stereocenters. The maximum atomic E-state index is 10.7. The molecule has 2 atom stereocenters. The zero-order valence-electron chi connectivity index (χ0n) is 44.3. The third kappa shape index (κ3) is 16.4. The molecule has 2 aliphatic heterocycles. The molecule has 2 heterocycles. The fraction of sp³-hybridized carbons (Fsp3) is 0.258. The van der Waals surface area contributed by atoms with E-state index in [1.807, 2.05) is 84.9 Å². The van der Waals surface area contributed by atoms with Gasteiger partial charge >= 0.3 is 11.9 Å². The van der Waals surface area contributed by atoms with Crippen molar-refractivity contribution >= 4 is 44.9 Å². The average molecular weight is 1080 g/mol. The van der Waals surface area contributed by atoms with Crippen LogP contribution < -0.4 is 48.8 Å². The minimum absolute atomic E-state index is 0.178. The lowest BCUT2D eigenvalue weighted by Gasteiger charge is -2.35. The van der Waals surface area contributed by atoms with Crippen molar-refractivity contribution in [1.82, 2.24) is 0 Å². The van der Waals surface area contributed by atoms with Gasteiger partial charge in [0.15, 0.2) is 0 Å². The van der Waals surface area contributed by atoms with E-state index in [1.165, 1.54) is 40.1 Å². The van der Waals surface area contributed by atoms with Gasteiger partial charge in [-0.15, -0.1) is 0 Å². The molecule has 0 aliphatic carbocycles. The highest BCUT2D eigenvalue weighted by molar-refractivity contribution is 5.93. The number of methoxy groups -OCH3 is 2. The SMILES string of the molecule is COc1ccccc1N1CC[NH+](C[C@@H](O)COc2cccc3ccccc23)CC1.COc1ccccc1N1CC[NH+](C[C@H](O)COc2cccc3ccccc23)CC1.O=C(O)c1c([O-])cccc1O.O=C(O)c1ccccc1[O-]. The summed E-state index contributed by atoms with van der Waals surface area (Å²) in [5, 5.41) is 72.6. The average Bonchev–Trinajstić information content (AvgIpc) is 3.49. The summed E-state index contributed by atoms with van der Waals surface area (Å²) >= 11 is 0. The number of aliphatic hydroxyl groups excluding tert-OH is 2. The van der Waals surface area contributed by atoms with Crippen molar-refractivity contribution in [3.63, 3.8) is 0 Å². The third-order valence-corrected chi connectivity index (χ3v) is 13.5. The molecular weight excluding hydrogens is 1010 g/mol. The number of para-hydroxylation sites is 5. The van der Waals surface area contributed by atoms with Crippen molar-refractivity contribution < 1.29 is 74.1 Å². The quantitative estimate of drug-likeness (QED) is 0.0701. The van der Waals surface area contributed by atoms with Crippen LogP contribution in [0.25, 0.3) is 21.5 Å². The number of carboxylic acids is 2. The summed E-state index contributed by atoms with van der Waals surface area (Å²) in [7, 11) is 3.43. The molecule has 2 saturated heterocycles. The standard InChI is InChI=1S/2C24H28N2O3.C7H6O4.C7H6O3/c2*1-28-24-11-5-4-10-22(24)26-15-13-25(14-16-26)17-20(27)18-29-23-12-6-8-19-7-2-3-9-21(19)23;8-4-2-1-3-5(9)6(4)7(10)11;8-6-4-2-1-3-5(6)7(9)10/h2*2-12,20,27H,13-18H2,1H3;1-3,8-9H,(H,10,11);1-4,8H,(H,9,10)/t2*20-;;/m10../s1. The molecule has 0 radical (unpaired) electrons. The van der Waals surface area contributed by atoms with Gasteiger partial charge in [0.25, 0.3) is 0 Å².